The summed E-state index contributed by atoms with van der Waals surface area (Å²) >= 11 is 0. The van der Waals surface area contributed by atoms with E-state index >= 15 is 0 Å². The van der Waals surface area contributed by atoms with E-state index in [-0.39, 0.29) is 5.75 Å². The maximum Gasteiger partial charge on any atom is 0.178 e. The smallest absolute Gasteiger partial charge is 0.178 e. The normalized spacial score (nSPS) is 11.5. The molecule has 3 rings (SSSR count). The summed E-state index contributed by atoms with van der Waals surface area (Å²) in [6, 6.07) is 12.8. The van der Waals surface area contributed by atoms with Gasteiger partial charge in [0, 0.05) is 30.7 Å². The fourth-order valence-electron chi connectivity index (χ4n) is 2.61. The molecule has 0 spiro atoms. The lowest BCUT2D eigenvalue weighted by atomic mass is 10.2. The Morgan fingerprint density at radius 3 is 2.58 bits per heavy atom. The van der Waals surface area contributed by atoms with Gasteiger partial charge in [-0.05, 0) is 49.2 Å². The standard InChI is InChI=1S/C18H19N3O2S/c1-15-4-2-5-17(14-15)24(22,23)13-3-12-21-18(8-11-20-21)16-6-9-19-10-7-16/h2,4-11,14H,3,12-13H2,1H3. The van der Waals surface area contributed by atoms with Crippen molar-refractivity contribution < 1.29 is 8.42 Å². The predicted octanol–water partition coefficient (Wildman–Crippen LogP) is 3.12. The Morgan fingerprint density at radius 1 is 1.04 bits per heavy atom. The van der Waals surface area contributed by atoms with E-state index in [1.54, 1.807) is 36.8 Å². The fraction of sp³-hybridized carbons (Fsp3) is 0.222. The molecular formula is C18H19N3O2S. The van der Waals surface area contributed by atoms with Gasteiger partial charge in [-0.3, -0.25) is 9.67 Å². The predicted molar refractivity (Wildman–Crippen MR) is 93.3 cm³/mol. The zero-order valence-corrected chi connectivity index (χ0v) is 14.3. The van der Waals surface area contributed by atoms with E-state index in [0.29, 0.717) is 17.9 Å². The molecule has 24 heavy (non-hydrogen) atoms. The summed E-state index contributed by atoms with van der Waals surface area (Å²) < 4.78 is 26.7. The van der Waals surface area contributed by atoms with Gasteiger partial charge >= 0.3 is 0 Å². The molecule has 124 valence electrons. The molecule has 2 heterocycles. The fourth-order valence-corrected chi connectivity index (χ4v) is 4.01. The molecule has 5 nitrogen and oxygen atoms in total. The third-order valence-corrected chi connectivity index (χ3v) is 5.62. The van der Waals surface area contributed by atoms with Crippen LogP contribution in [0.1, 0.15) is 12.0 Å². The van der Waals surface area contributed by atoms with Crippen molar-refractivity contribution in [1.29, 1.82) is 0 Å². The molecule has 0 amide bonds. The van der Waals surface area contributed by atoms with E-state index in [1.807, 2.05) is 35.9 Å². The quantitative estimate of drug-likeness (QED) is 0.691. The SMILES string of the molecule is Cc1cccc(S(=O)(=O)CCCn2nccc2-c2ccncc2)c1. The van der Waals surface area contributed by atoms with E-state index in [9.17, 15) is 8.42 Å². The number of benzene rings is 1. The summed E-state index contributed by atoms with van der Waals surface area (Å²) in [5.74, 6) is 0.103. The van der Waals surface area contributed by atoms with Crippen LogP contribution >= 0.6 is 0 Å². The zero-order valence-electron chi connectivity index (χ0n) is 13.5. The molecule has 0 atom stereocenters. The van der Waals surface area contributed by atoms with E-state index in [2.05, 4.69) is 10.1 Å². The number of rotatable bonds is 6. The lowest BCUT2D eigenvalue weighted by Gasteiger charge is -2.08. The van der Waals surface area contributed by atoms with Crippen LogP contribution in [0.2, 0.25) is 0 Å². The van der Waals surface area contributed by atoms with E-state index in [0.717, 1.165) is 16.8 Å². The average molecular weight is 341 g/mol. The van der Waals surface area contributed by atoms with Crippen LogP contribution < -0.4 is 0 Å². The van der Waals surface area contributed by atoms with Gasteiger partial charge in [0.05, 0.1) is 16.3 Å². The molecule has 1 aromatic carbocycles. The first-order chi connectivity index (χ1) is 11.6. The van der Waals surface area contributed by atoms with Crippen molar-refractivity contribution in [3.8, 4) is 11.3 Å². The van der Waals surface area contributed by atoms with Crippen LogP contribution in [0.15, 0.2) is 66.0 Å². The van der Waals surface area contributed by atoms with Gasteiger partial charge in [0.15, 0.2) is 9.84 Å². The van der Waals surface area contributed by atoms with E-state index in [1.165, 1.54) is 0 Å². The zero-order chi connectivity index (χ0) is 17.0. The molecule has 2 aromatic heterocycles. The van der Waals surface area contributed by atoms with E-state index < -0.39 is 9.84 Å². The second kappa shape index (κ2) is 6.97. The number of nitrogens with zero attached hydrogens (tertiary/aromatic N) is 3. The summed E-state index contributed by atoms with van der Waals surface area (Å²) in [7, 11) is -3.26. The number of hydrogen-bond donors (Lipinski definition) is 0. The average Bonchev–Trinajstić information content (AvgIpc) is 3.04. The maximum atomic E-state index is 12.4. The van der Waals surface area contributed by atoms with Crippen molar-refractivity contribution >= 4 is 9.84 Å². The first-order valence-electron chi connectivity index (χ1n) is 7.78. The Kier molecular flexibility index (Phi) is 4.76. The summed E-state index contributed by atoms with van der Waals surface area (Å²) in [6.45, 7) is 2.44. The molecule has 0 aliphatic carbocycles. The number of sulfone groups is 1. The summed E-state index contributed by atoms with van der Waals surface area (Å²) in [5, 5.41) is 4.30. The largest absolute Gasteiger partial charge is 0.265 e. The monoisotopic (exact) mass is 341 g/mol. The lowest BCUT2D eigenvalue weighted by Crippen LogP contribution is -2.11. The van der Waals surface area contributed by atoms with Crippen molar-refractivity contribution in [3.63, 3.8) is 0 Å². The van der Waals surface area contributed by atoms with Crippen LogP contribution in [0.4, 0.5) is 0 Å². The first kappa shape index (κ1) is 16.4. The Bertz CT molecular complexity index is 918. The number of aryl methyl sites for hydroxylation is 2. The molecule has 3 aromatic rings. The van der Waals surface area contributed by atoms with Crippen LogP contribution in [0.5, 0.6) is 0 Å². The molecule has 0 saturated heterocycles. The van der Waals surface area contributed by atoms with Gasteiger partial charge in [-0.25, -0.2) is 8.42 Å². The Hall–Kier alpha value is -2.47. The van der Waals surface area contributed by atoms with Crippen molar-refractivity contribution in [2.24, 2.45) is 0 Å². The Labute approximate surface area is 141 Å². The first-order valence-corrected chi connectivity index (χ1v) is 9.43. The molecule has 0 aliphatic rings. The number of aromatic nitrogens is 3. The van der Waals surface area contributed by atoms with Crippen LogP contribution in [0.25, 0.3) is 11.3 Å². The molecule has 0 fully saturated rings. The molecule has 0 bridgehead atoms. The minimum atomic E-state index is -3.26. The highest BCUT2D eigenvalue weighted by Crippen LogP contribution is 2.19. The Balaban J connectivity index is 1.69. The number of pyridine rings is 1. The van der Waals surface area contributed by atoms with Crippen LogP contribution in [0, 0.1) is 6.92 Å². The van der Waals surface area contributed by atoms with Gasteiger partial charge in [-0.2, -0.15) is 5.10 Å². The van der Waals surface area contributed by atoms with Gasteiger partial charge in [0.25, 0.3) is 0 Å². The third-order valence-electron chi connectivity index (χ3n) is 3.82. The van der Waals surface area contributed by atoms with Gasteiger partial charge in [0.1, 0.15) is 0 Å². The highest BCUT2D eigenvalue weighted by Gasteiger charge is 2.14. The molecule has 0 saturated carbocycles. The molecular weight excluding hydrogens is 322 g/mol. The van der Waals surface area contributed by atoms with E-state index in [4.69, 9.17) is 0 Å². The van der Waals surface area contributed by atoms with Crippen molar-refractivity contribution in [2.75, 3.05) is 5.75 Å². The number of hydrogen-bond acceptors (Lipinski definition) is 4. The summed E-state index contributed by atoms with van der Waals surface area (Å²) in [4.78, 5) is 4.40. The van der Waals surface area contributed by atoms with Crippen LogP contribution in [-0.4, -0.2) is 28.9 Å². The highest BCUT2D eigenvalue weighted by molar-refractivity contribution is 7.91. The van der Waals surface area contributed by atoms with Crippen LogP contribution in [0.3, 0.4) is 0 Å². The van der Waals surface area contributed by atoms with Crippen LogP contribution in [-0.2, 0) is 16.4 Å². The maximum absolute atomic E-state index is 12.4. The van der Waals surface area contributed by atoms with Crippen molar-refractivity contribution in [2.45, 2.75) is 24.8 Å². The minimum Gasteiger partial charge on any atom is -0.265 e. The third kappa shape index (κ3) is 3.71. The second-order valence-electron chi connectivity index (χ2n) is 5.66. The van der Waals surface area contributed by atoms with Gasteiger partial charge in [-0.1, -0.05) is 12.1 Å². The molecule has 0 N–H and O–H groups in total. The summed E-state index contributed by atoms with van der Waals surface area (Å²) in [6.07, 6.45) is 5.70. The topological polar surface area (TPSA) is 64.8 Å². The second-order valence-corrected chi connectivity index (χ2v) is 7.77. The molecule has 6 heteroatoms. The minimum absolute atomic E-state index is 0.103. The molecule has 0 unspecified atom stereocenters. The van der Waals surface area contributed by atoms with Gasteiger partial charge in [-0.15, -0.1) is 0 Å². The lowest BCUT2D eigenvalue weighted by molar-refractivity contribution is 0.575. The van der Waals surface area contributed by atoms with Crippen molar-refractivity contribution in [3.05, 3.63) is 66.6 Å². The van der Waals surface area contributed by atoms with Crippen molar-refractivity contribution in [1.82, 2.24) is 14.8 Å². The summed E-state index contributed by atoms with van der Waals surface area (Å²) in [5.41, 5.74) is 2.93. The molecule has 0 radical (unpaired) electrons. The molecule has 0 aliphatic heterocycles. The Morgan fingerprint density at radius 2 is 1.83 bits per heavy atom. The van der Waals surface area contributed by atoms with Gasteiger partial charge in [0.2, 0.25) is 0 Å². The highest BCUT2D eigenvalue weighted by atomic mass is 32.2. The van der Waals surface area contributed by atoms with Gasteiger partial charge < -0.3 is 0 Å².